The summed E-state index contributed by atoms with van der Waals surface area (Å²) in [7, 11) is 4.05. The van der Waals surface area contributed by atoms with Crippen LogP contribution in [-0.2, 0) is 20.0 Å². The molecule has 2 aromatic heterocycles. The number of likely N-dealkylation sites (N-methyl/N-ethyl adjacent to an activating group) is 1. The van der Waals surface area contributed by atoms with Crippen molar-refractivity contribution in [1.82, 2.24) is 24.5 Å². The fourth-order valence-corrected chi connectivity index (χ4v) is 1.92. The van der Waals surface area contributed by atoms with Gasteiger partial charge < -0.3 is 4.90 Å². The molecular weight excluding hydrogens is 250 g/mol. The van der Waals surface area contributed by atoms with Gasteiger partial charge in [-0.25, -0.2) is 0 Å². The number of aryl methyl sites for hydroxylation is 1. The van der Waals surface area contributed by atoms with Crippen LogP contribution in [0, 0.1) is 0 Å². The Morgan fingerprint density at radius 1 is 1.22 bits per heavy atom. The van der Waals surface area contributed by atoms with Gasteiger partial charge in [-0.15, -0.1) is 0 Å². The van der Waals surface area contributed by atoms with E-state index in [-0.39, 0.29) is 0 Å². The minimum absolute atomic E-state index is 0.688. The Bertz CT molecular complexity index is 446. The van der Waals surface area contributed by atoms with Gasteiger partial charge in [-0.2, -0.15) is 10.2 Å². The zero-order valence-electron chi connectivity index (χ0n) is 10.8. The van der Waals surface area contributed by atoms with E-state index in [4.69, 9.17) is 11.6 Å². The summed E-state index contributed by atoms with van der Waals surface area (Å²) in [5.41, 5.74) is 1.27. The molecule has 0 saturated carbocycles. The average molecular weight is 268 g/mol. The molecule has 0 amide bonds. The van der Waals surface area contributed by atoms with Crippen molar-refractivity contribution in [3.05, 3.63) is 35.4 Å². The molecule has 0 saturated heterocycles. The predicted octanol–water partition coefficient (Wildman–Crippen LogP) is 1.44. The zero-order valence-corrected chi connectivity index (χ0v) is 11.5. The van der Waals surface area contributed by atoms with Crippen molar-refractivity contribution in [2.75, 3.05) is 20.1 Å². The predicted molar refractivity (Wildman–Crippen MR) is 71.6 cm³/mol. The van der Waals surface area contributed by atoms with Crippen molar-refractivity contribution in [2.24, 2.45) is 7.05 Å². The van der Waals surface area contributed by atoms with Gasteiger partial charge in [-0.1, -0.05) is 11.6 Å². The summed E-state index contributed by atoms with van der Waals surface area (Å²) in [6, 6.07) is 0. The van der Waals surface area contributed by atoms with Crippen molar-refractivity contribution in [1.29, 1.82) is 0 Å². The Balaban J connectivity index is 1.70. The Morgan fingerprint density at radius 3 is 2.67 bits per heavy atom. The molecular formula is C12H18ClN5. The van der Waals surface area contributed by atoms with Gasteiger partial charge in [0.2, 0.25) is 0 Å². The third-order valence-electron chi connectivity index (χ3n) is 2.85. The molecule has 5 nitrogen and oxygen atoms in total. The summed E-state index contributed by atoms with van der Waals surface area (Å²) in [6.07, 6.45) is 8.50. The van der Waals surface area contributed by atoms with Gasteiger partial charge in [0.1, 0.15) is 0 Å². The summed E-state index contributed by atoms with van der Waals surface area (Å²) >= 11 is 5.81. The first kappa shape index (κ1) is 13.1. The molecule has 2 rings (SSSR count). The normalized spacial score (nSPS) is 11.3. The van der Waals surface area contributed by atoms with Gasteiger partial charge in [0.15, 0.2) is 0 Å². The van der Waals surface area contributed by atoms with Crippen molar-refractivity contribution in [3.8, 4) is 0 Å². The second kappa shape index (κ2) is 6.02. The third kappa shape index (κ3) is 3.85. The fraction of sp³-hybridized carbons (Fsp3) is 0.500. The largest absolute Gasteiger partial charge is 0.304 e. The van der Waals surface area contributed by atoms with E-state index in [1.54, 1.807) is 6.20 Å². The van der Waals surface area contributed by atoms with E-state index in [0.717, 1.165) is 26.1 Å². The van der Waals surface area contributed by atoms with Gasteiger partial charge in [0.05, 0.1) is 24.0 Å². The maximum Gasteiger partial charge on any atom is 0.0785 e. The summed E-state index contributed by atoms with van der Waals surface area (Å²) in [5, 5.41) is 9.00. The van der Waals surface area contributed by atoms with Crippen LogP contribution >= 0.6 is 11.6 Å². The van der Waals surface area contributed by atoms with E-state index < -0.39 is 0 Å². The highest BCUT2D eigenvalue weighted by atomic mass is 35.5. The van der Waals surface area contributed by atoms with Crippen LogP contribution in [0.15, 0.2) is 24.8 Å². The Kier molecular flexibility index (Phi) is 4.38. The quantitative estimate of drug-likeness (QED) is 0.795. The zero-order chi connectivity index (χ0) is 13.0. The van der Waals surface area contributed by atoms with Crippen molar-refractivity contribution in [3.63, 3.8) is 0 Å². The van der Waals surface area contributed by atoms with E-state index in [1.807, 2.05) is 28.8 Å². The number of aromatic nitrogens is 4. The van der Waals surface area contributed by atoms with Gasteiger partial charge in [0, 0.05) is 32.5 Å². The maximum atomic E-state index is 5.81. The standard InChI is InChI=1S/C12H18ClN5/c1-16(4-3-11-7-14-17(2)9-11)5-6-18-10-12(13)8-15-18/h7-10H,3-6H2,1-2H3. The SMILES string of the molecule is CN(CCc1cnn(C)c1)CCn1cc(Cl)cn1. The number of nitrogens with zero attached hydrogens (tertiary/aromatic N) is 5. The number of halogens is 1. The van der Waals surface area contributed by atoms with Crippen molar-refractivity contribution < 1.29 is 0 Å². The summed E-state index contributed by atoms with van der Waals surface area (Å²) in [4.78, 5) is 2.28. The molecule has 6 heteroatoms. The minimum atomic E-state index is 0.688. The van der Waals surface area contributed by atoms with Crippen molar-refractivity contribution >= 4 is 11.6 Å². The lowest BCUT2D eigenvalue weighted by Gasteiger charge is -2.15. The first-order valence-electron chi connectivity index (χ1n) is 5.97. The van der Waals surface area contributed by atoms with E-state index in [2.05, 4.69) is 28.3 Å². The summed E-state index contributed by atoms with van der Waals surface area (Å²) in [5.74, 6) is 0. The Hall–Kier alpha value is -1.33. The van der Waals surface area contributed by atoms with Crippen LogP contribution in [0.4, 0.5) is 0 Å². The molecule has 0 bridgehead atoms. The molecule has 0 aliphatic carbocycles. The highest BCUT2D eigenvalue weighted by molar-refractivity contribution is 6.30. The van der Waals surface area contributed by atoms with Gasteiger partial charge >= 0.3 is 0 Å². The third-order valence-corrected chi connectivity index (χ3v) is 3.05. The molecule has 0 unspecified atom stereocenters. The van der Waals surface area contributed by atoms with Crippen LogP contribution in [0.1, 0.15) is 5.56 Å². The molecule has 0 aromatic carbocycles. The number of rotatable bonds is 6. The minimum Gasteiger partial charge on any atom is -0.304 e. The highest BCUT2D eigenvalue weighted by Gasteiger charge is 2.02. The molecule has 2 heterocycles. The summed E-state index contributed by atoms with van der Waals surface area (Å²) < 4.78 is 3.70. The maximum absolute atomic E-state index is 5.81. The van der Waals surface area contributed by atoms with Crippen molar-refractivity contribution in [2.45, 2.75) is 13.0 Å². The smallest absolute Gasteiger partial charge is 0.0785 e. The van der Waals surface area contributed by atoms with Crippen LogP contribution in [0.2, 0.25) is 5.02 Å². The van der Waals surface area contributed by atoms with E-state index in [0.29, 0.717) is 5.02 Å². The molecule has 2 aromatic rings. The van der Waals surface area contributed by atoms with Crippen LogP contribution in [-0.4, -0.2) is 44.6 Å². The van der Waals surface area contributed by atoms with Gasteiger partial charge in [-0.3, -0.25) is 9.36 Å². The molecule has 98 valence electrons. The molecule has 0 N–H and O–H groups in total. The van der Waals surface area contributed by atoms with Crippen LogP contribution in [0.5, 0.6) is 0 Å². The monoisotopic (exact) mass is 267 g/mol. The molecule has 0 radical (unpaired) electrons. The van der Waals surface area contributed by atoms with Crippen LogP contribution in [0.25, 0.3) is 0 Å². The molecule has 0 aliphatic rings. The van der Waals surface area contributed by atoms with Crippen LogP contribution in [0.3, 0.4) is 0 Å². The van der Waals surface area contributed by atoms with Gasteiger partial charge in [0.25, 0.3) is 0 Å². The highest BCUT2D eigenvalue weighted by Crippen LogP contribution is 2.04. The average Bonchev–Trinajstić information content (AvgIpc) is 2.93. The van der Waals surface area contributed by atoms with E-state index in [9.17, 15) is 0 Å². The lowest BCUT2D eigenvalue weighted by Crippen LogP contribution is -2.25. The second-order valence-electron chi connectivity index (χ2n) is 4.50. The lowest BCUT2D eigenvalue weighted by molar-refractivity contribution is 0.316. The fourth-order valence-electron chi connectivity index (χ4n) is 1.77. The molecule has 0 atom stereocenters. The molecule has 0 aliphatic heterocycles. The number of hydrogen-bond acceptors (Lipinski definition) is 3. The Morgan fingerprint density at radius 2 is 2.06 bits per heavy atom. The van der Waals surface area contributed by atoms with E-state index >= 15 is 0 Å². The molecule has 0 fully saturated rings. The molecule has 0 spiro atoms. The lowest BCUT2D eigenvalue weighted by atomic mass is 10.2. The van der Waals surface area contributed by atoms with E-state index in [1.165, 1.54) is 5.56 Å². The first-order valence-corrected chi connectivity index (χ1v) is 6.35. The van der Waals surface area contributed by atoms with Crippen LogP contribution < -0.4 is 0 Å². The van der Waals surface area contributed by atoms with Gasteiger partial charge in [-0.05, 0) is 19.0 Å². The Labute approximate surface area is 112 Å². The number of hydrogen-bond donors (Lipinski definition) is 0. The molecule has 18 heavy (non-hydrogen) atoms. The second-order valence-corrected chi connectivity index (χ2v) is 4.93. The first-order chi connectivity index (χ1) is 8.63. The summed E-state index contributed by atoms with van der Waals surface area (Å²) in [6.45, 7) is 2.83. The topological polar surface area (TPSA) is 38.9 Å².